The number of hydrogen-bond acceptors (Lipinski definition) is 3. The van der Waals surface area contributed by atoms with Gasteiger partial charge in [0, 0.05) is 0 Å². The van der Waals surface area contributed by atoms with E-state index in [0.717, 1.165) is 0 Å². The Bertz CT molecular complexity index is 786. The van der Waals surface area contributed by atoms with E-state index in [9.17, 15) is 8.42 Å². The number of benzene rings is 1. The van der Waals surface area contributed by atoms with Crippen LogP contribution in [0.1, 0.15) is 5.56 Å². The van der Waals surface area contributed by atoms with Crippen molar-refractivity contribution in [2.45, 2.75) is 11.8 Å². The lowest BCUT2D eigenvalue weighted by Gasteiger charge is -2.13. The number of aromatic nitrogens is 1. The number of hydrogen-bond donors (Lipinski definition) is 1. The van der Waals surface area contributed by atoms with Crippen molar-refractivity contribution in [2.24, 2.45) is 0 Å². The van der Waals surface area contributed by atoms with Crippen LogP contribution < -0.4 is 4.72 Å². The van der Waals surface area contributed by atoms with E-state index in [0.29, 0.717) is 5.56 Å². The maximum Gasteiger partial charge on any atom is 0.263 e. The fourth-order valence-electron chi connectivity index (χ4n) is 1.60. The summed E-state index contributed by atoms with van der Waals surface area (Å²) in [5, 5.41) is 0.182. The Morgan fingerprint density at radius 2 is 1.81 bits per heavy atom. The summed E-state index contributed by atoms with van der Waals surface area (Å²) < 4.78 is 27.1. The van der Waals surface area contributed by atoms with Gasteiger partial charge in [0.15, 0.2) is 5.15 Å². The van der Waals surface area contributed by atoms with E-state index < -0.39 is 10.0 Å². The van der Waals surface area contributed by atoms with Crippen molar-refractivity contribution in [2.75, 3.05) is 4.72 Å². The SMILES string of the molecule is Cc1cc(Cl)nc(Cl)c1NS(=O)(=O)c1cccc(Cl)c1Cl. The van der Waals surface area contributed by atoms with Crippen molar-refractivity contribution in [1.82, 2.24) is 4.98 Å². The second kappa shape index (κ2) is 6.18. The first-order valence-electron chi connectivity index (χ1n) is 5.52. The predicted octanol–water partition coefficient (Wildman–Crippen LogP) is 4.80. The summed E-state index contributed by atoms with van der Waals surface area (Å²) in [5.74, 6) is 0. The summed E-state index contributed by atoms with van der Waals surface area (Å²) in [4.78, 5) is 3.65. The molecule has 0 unspecified atom stereocenters. The third-order valence-corrected chi connectivity index (χ3v) is 5.37. The van der Waals surface area contributed by atoms with E-state index in [-0.39, 0.29) is 30.9 Å². The highest BCUT2D eigenvalue weighted by atomic mass is 35.5. The minimum Gasteiger partial charge on any atom is -0.276 e. The van der Waals surface area contributed by atoms with Crippen molar-refractivity contribution in [1.29, 1.82) is 0 Å². The molecule has 0 saturated carbocycles. The van der Waals surface area contributed by atoms with Gasteiger partial charge in [0.2, 0.25) is 0 Å². The number of nitrogens with one attached hydrogen (secondary N) is 1. The van der Waals surface area contributed by atoms with Crippen LogP contribution in [0.3, 0.4) is 0 Å². The average Bonchev–Trinajstić information content (AvgIpc) is 2.37. The van der Waals surface area contributed by atoms with Crippen LogP contribution in [-0.4, -0.2) is 13.4 Å². The molecule has 0 fully saturated rings. The molecule has 4 nitrogen and oxygen atoms in total. The van der Waals surface area contributed by atoms with E-state index in [1.54, 1.807) is 6.92 Å². The molecule has 112 valence electrons. The van der Waals surface area contributed by atoms with Crippen molar-refractivity contribution >= 4 is 62.1 Å². The Kier molecular flexibility index (Phi) is 4.90. The van der Waals surface area contributed by atoms with E-state index in [1.165, 1.54) is 24.3 Å². The molecule has 0 atom stereocenters. The lowest BCUT2D eigenvalue weighted by atomic mass is 10.3. The summed E-state index contributed by atoms with van der Waals surface area (Å²) in [6.45, 7) is 1.65. The molecular weight excluding hydrogens is 378 g/mol. The molecule has 0 bridgehead atoms. The molecule has 21 heavy (non-hydrogen) atoms. The minimum absolute atomic E-state index is 0.0540. The second-order valence-electron chi connectivity index (χ2n) is 4.09. The van der Waals surface area contributed by atoms with Gasteiger partial charge in [0.1, 0.15) is 10.0 Å². The highest BCUT2D eigenvalue weighted by Gasteiger charge is 2.22. The van der Waals surface area contributed by atoms with E-state index in [1.807, 2.05) is 0 Å². The molecule has 2 rings (SSSR count). The Hall–Kier alpha value is -0.720. The molecule has 0 aliphatic rings. The third-order valence-electron chi connectivity index (χ3n) is 2.58. The summed E-state index contributed by atoms with van der Waals surface area (Å²) in [7, 11) is -3.96. The molecule has 0 amide bonds. The molecule has 1 heterocycles. The molecule has 1 N–H and O–H groups in total. The lowest BCUT2D eigenvalue weighted by molar-refractivity contribution is 0.601. The van der Waals surface area contributed by atoms with E-state index in [2.05, 4.69) is 9.71 Å². The van der Waals surface area contributed by atoms with Gasteiger partial charge in [0.25, 0.3) is 10.0 Å². The quantitative estimate of drug-likeness (QED) is 0.771. The third kappa shape index (κ3) is 3.55. The zero-order chi connectivity index (χ0) is 15.8. The fourth-order valence-corrected chi connectivity index (χ4v) is 4.14. The lowest BCUT2D eigenvalue weighted by Crippen LogP contribution is -2.15. The molecular formula is C12H8Cl4N2O2S. The zero-order valence-corrected chi connectivity index (χ0v) is 14.3. The highest BCUT2D eigenvalue weighted by molar-refractivity contribution is 7.92. The van der Waals surface area contributed by atoms with Crippen LogP contribution in [-0.2, 0) is 10.0 Å². The van der Waals surface area contributed by atoms with Crippen LogP contribution >= 0.6 is 46.4 Å². The number of rotatable bonds is 3. The first kappa shape index (κ1) is 16.6. The van der Waals surface area contributed by atoms with Gasteiger partial charge in [-0.05, 0) is 30.7 Å². The van der Waals surface area contributed by atoms with Crippen molar-refractivity contribution in [3.63, 3.8) is 0 Å². The molecule has 1 aromatic heterocycles. The number of nitrogens with zero attached hydrogens (tertiary/aromatic N) is 1. The number of halogens is 4. The van der Waals surface area contributed by atoms with Gasteiger partial charge in [-0.15, -0.1) is 0 Å². The zero-order valence-electron chi connectivity index (χ0n) is 10.5. The van der Waals surface area contributed by atoms with Crippen LogP contribution in [0.4, 0.5) is 5.69 Å². The monoisotopic (exact) mass is 384 g/mol. The maximum absolute atomic E-state index is 12.4. The average molecular weight is 386 g/mol. The smallest absolute Gasteiger partial charge is 0.263 e. The van der Waals surface area contributed by atoms with E-state index >= 15 is 0 Å². The van der Waals surface area contributed by atoms with Crippen LogP contribution in [0.15, 0.2) is 29.2 Å². The molecule has 0 radical (unpaired) electrons. The Morgan fingerprint density at radius 3 is 2.43 bits per heavy atom. The number of pyridine rings is 1. The molecule has 1 aromatic carbocycles. The van der Waals surface area contributed by atoms with Gasteiger partial charge in [0.05, 0.1) is 15.7 Å². The predicted molar refractivity (Wildman–Crippen MR) is 86.3 cm³/mol. The molecule has 2 aromatic rings. The Labute approximate surface area is 142 Å². The fraction of sp³-hybridized carbons (Fsp3) is 0.0833. The summed E-state index contributed by atoms with van der Waals surface area (Å²) >= 11 is 23.4. The van der Waals surface area contributed by atoms with Gasteiger partial charge in [-0.2, -0.15) is 0 Å². The summed E-state index contributed by atoms with van der Waals surface area (Å²) in [5.41, 5.74) is 0.666. The highest BCUT2D eigenvalue weighted by Crippen LogP contribution is 2.33. The van der Waals surface area contributed by atoms with Crippen LogP contribution in [0.25, 0.3) is 0 Å². The number of sulfonamides is 1. The Morgan fingerprint density at radius 1 is 1.14 bits per heavy atom. The number of aryl methyl sites for hydroxylation is 1. The topological polar surface area (TPSA) is 59.1 Å². The first-order valence-corrected chi connectivity index (χ1v) is 8.51. The minimum atomic E-state index is -3.96. The van der Waals surface area contributed by atoms with Gasteiger partial charge in [-0.3, -0.25) is 4.72 Å². The van der Waals surface area contributed by atoms with Gasteiger partial charge >= 0.3 is 0 Å². The molecule has 0 aliphatic carbocycles. The van der Waals surface area contributed by atoms with E-state index in [4.69, 9.17) is 46.4 Å². The van der Waals surface area contributed by atoms with Crippen molar-refractivity contribution in [3.05, 3.63) is 50.2 Å². The molecule has 0 aliphatic heterocycles. The summed E-state index contributed by atoms with van der Waals surface area (Å²) in [6.07, 6.45) is 0. The Balaban J connectivity index is 2.50. The number of anilines is 1. The molecule has 0 spiro atoms. The van der Waals surface area contributed by atoms with Crippen LogP contribution in [0, 0.1) is 6.92 Å². The molecule has 0 saturated heterocycles. The van der Waals surface area contributed by atoms with Crippen molar-refractivity contribution in [3.8, 4) is 0 Å². The van der Waals surface area contributed by atoms with Gasteiger partial charge in [-0.25, -0.2) is 13.4 Å². The van der Waals surface area contributed by atoms with Crippen LogP contribution in [0.2, 0.25) is 20.4 Å². The summed E-state index contributed by atoms with van der Waals surface area (Å²) in [6, 6.07) is 5.80. The molecule has 9 heteroatoms. The van der Waals surface area contributed by atoms with Gasteiger partial charge < -0.3 is 0 Å². The largest absolute Gasteiger partial charge is 0.276 e. The van der Waals surface area contributed by atoms with Gasteiger partial charge in [-0.1, -0.05) is 52.5 Å². The maximum atomic E-state index is 12.4. The standard InChI is InChI=1S/C12H8Cl4N2O2S/c1-6-5-9(14)17-12(16)11(6)18-21(19,20)8-4-2-3-7(13)10(8)15/h2-5,18H,1H3. The van der Waals surface area contributed by atoms with Crippen molar-refractivity contribution < 1.29 is 8.42 Å². The van der Waals surface area contributed by atoms with Crippen LogP contribution in [0.5, 0.6) is 0 Å². The second-order valence-corrected chi connectivity index (χ2v) is 7.27. The normalized spacial score (nSPS) is 11.5. The first-order chi connectivity index (χ1) is 9.72.